The van der Waals surface area contributed by atoms with E-state index in [0.717, 1.165) is 19.4 Å². The van der Waals surface area contributed by atoms with E-state index in [1.807, 2.05) is 6.92 Å². The molecule has 1 aliphatic rings. The maximum absolute atomic E-state index is 11.8. The summed E-state index contributed by atoms with van der Waals surface area (Å²) in [6.07, 6.45) is 2.03. The highest BCUT2D eigenvalue weighted by atomic mass is 16.5. The van der Waals surface area contributed by atoms with E-state index in [-0.39, 0.29) is 18.1 Å². The summed E-state index contributed by atoms with van der Waals surface area (Å²) in [6, 6.07) is -0.0616. The molecule has 1 heterocycles. The number of nitrogens with one attached hydrogen (secondary N) is 1. The van der Waals surface area contributed by atoms with E-state index < -0.39 is 17.8 Å². The van der Waals surface area contributed by atoms with Gasteiger partial charge in [0.1, 0.15) is 0 Å². The van der Waals surface area contributed by atoms with Crippen LogP contribution in [0.1, 0.15) is 33.6 Å². The van der Waals surface area contributed by atoms with Gasteiger partial charge in [0.2, 0.25) is 5.91 Å². The van der Waals surface area contributed by atoms with E-state index in [9.17, 15) is 9.59 Å². The van der Waals surface area contributed by atoms with Gasteiger partial charge >= 0.3 is 5.97 Å². The van der Waals surface area contributed by atoms with Gasteiger partial charge in [-0.15, -0.1) is 0 Å². The molecule has 1 fully saturated rings. The van der Waals surface area contributed by atoms with Gasteiger partial charge in [0, 0.05) is 12.5 Å². The quantitative estimate of drug-likeness (QED) is 0.756. The zero-order chi connectivity index (χ0) is 13.0. The first-order valence-corrected chi connectivity index (χ1v) is 6.08. The molecule has 2 N–H and O–H groups in total. The zero-order valence-corrected chi connectivity index (χ0v) is 10.6. The lowest BCUT2D eigenvalue weighted by molar-refractivity contribution is -0.146. The standard InChI is InChI=1S/C12H21NO4/c1-7(8(2)12(15)16)11(14)13-9(3)10-5-4-6-17-10/h7-10H,4-6H2,1-3H3,(H,13,14)(H,15,16). The molecule has 98 valence electrons. The summed E-state index contributed by atoms with van der Waals surface area (Å²) in [5.41, 5.74) is 0. The molecule has 0 bridgehead atoms. The van der Waals surface area contributed by atoms with Gasteiger partial charge in [0.15, 0.2) is 0 Å². The molecule has 1 saturated heterocycles. The Bertz CT molecular complexity index is 286. The minimum Gasteiger partial charge on any atom is -0.481 e. The Hall–Kier alpha value is -1.10. The number of carboxylic acid groups (broad SMARTS) is 1. The van der Waals surface area contributed by atoms with Gasteiger partial charge in [-0.3, -0.25) is 9.59 Å². The summed E-state index contributed by atoms with van der Waals surface area (Å²) in [5, 5.41) is 11.7. The monoisotopic (exact) mass is 243 g/mol. The fraction of sp³-hybridized carbons (Fsp3) is 0.833. The average molecular weight is 243 g/mol. The molecule has 0 spiro atoms. The summed E-state index contributed by atoms with van der Waals surface area (Å²) >= 11 is 0. The van der Waals surface area contributed by atoms with Gasteiger partial charge in [-0.2, -0.15) is 0 Å². The number of aliphatic carboxylic acids is 1. The van der Waals surface area contributed by atoms with Crippen molar-refractivity contribution in [3.63, 3.8) is 0 Å². The van der Waals surface area contributed by atoms with Crippen LogP contribution in [0.5, 0.6) is 0 Å². The first-order valence-electron chi connectivity index (χ1n) is 6.08. The largest absolute Gasteiger partial charge is 0.481 e. The second kappa shape index (κ2) is 6.00. The second-order valence-corrected chi connectivity index (χ2v) is 4.76. The third kappa shape index (κ3) is 3.70. The van der Waals surface area contributed by atoms with Gasteiger partial charge in [-0.05, 0) is 19.8 Å². The Morgan fingerprint density at radius 2 is 1.94 bits per heavy atom. The number of amides is 1. The molecule has 0 aliphatic carbocycles. The van der Waals surface area contributed by atoms with E-state index in [2.05, 4.69) is 5.32 Å². The molecule has 4 atom stereocenters. The highest BCUT2D eigenvalue weighted by Gasteiger charge is 2.29. The van der Waals surface area contributed by atoms with Crippen molar-refractivity contribution in [2.24, 2.45) is 11.8 Å². The van der Waals surface area contributed by atoms with Crippen LogP contribution in [0.4, 0.5) is 0 Å². The molecule has 5 nitrogen and oxygen atoms in total. The van der Waals surface area contributed by atoms with E-state index in [1.165, 1.54) is 0 Å². The number of carboxylic acids is 1. The Balaban J connectivity index is 2.44. The first kappa shape index (κ1) is 14.0. The molecule has 5 heteroatoms. The van der Waals surface area contributed by atoms with E-state index in [0.29, 0.717) is 0 Å². The molecule has 1 rings (SSSR count). The maximum atomic E-state index is 11.8. The summed E-state index contributed by atoms with van der Waals surface area (Å²) < 4.78 is 5.47. The minimum atomic E-state index is -0.947. The summed E-state index contributed by atoms with van der Waals surface area (Å²) in [7, 11) is 0. The molecular weight excluding hydrogens is 222 g/mol. The zero-order valence-electron chi connectivity index (χ0n) is 10.6. The maximum Gasteiger partial charge on any atom is 0.307 e. The summed E-state index contributed by atoms with van der Waals surface area (Å²) in [6.45, 7) is 5.82. The molecule has 0 aromatic heterocycles. The fourth-order valence-electron chi connectivity index (χ4n) is 1.89. The lowest BCUT2D eigenvalue weighted by Gasteiger charge is -2.23. The van der Waals surface area contributed by atoms with Crippen molar-refractivity contribution in [3.8, 4) is 0 Å². The number of carbonyl (C=O) groups is 2. The van der Waals surface area contributed by atoms with Gasteiger partial charge < -0.3 is 15.2 Å². The number of hydrogen-bond donors (Lipinski definition) is 2. The molecule has 0 saturated carbocycles. The highest BCUT2D eigenvalue weighted by molar-refractivity contribution is 5.84. The SMILES string of the molecule is CC(NC(=O)C(C)C(C)C(=O)O)C1CCCO1. The molecule has 4 unspecified atom stereocenters. The van der Waals surface area contributed by atoms with Crippen LogP contribution in [-0.2, 0) is 14.3 Å². The van der Waals surface area contributed by atoms with Crippen molar-refractivity contribution in [1.82, 2.24) is 5.32 Å². The second-order valence-electron chi connectivity index (χ2n) is 4.76. The Morgan fingerprint density at radius 1 is 1.29 bits per heavy atom. The van der Waals surface area contributed by atoms with Crippen LogP contribution in [0.15, 0.2) is 0 Å². The Labute approximate surface area is 102 Å². The molecule has 17 heavy (non-hydrogen) atoms. The van der Waals surface area contributed by atoms with Crippen molar-refractivity contribution >= 4 is 11.9 Å². The summed E-state index contributed by atoms with van der Waals surface area (Å²) in [5.74, 6) is -2.37. The number of ether oxygens (including phenoxy) is 1. The predicted molar refractivity (Wildman–Crippen MR) is 62.5 cm³/mol. The van der Waals surface area contributed by atoms with Gasteiger partial charge in [-0.1, -0.05) is 13.8 Å². The van der Waals surface area contributed by atoms with E-state index in [4.69, 9.17) is 9.84 Å². The number of carbonyl (C=O) groups excluding carboxylic acids is 1. The number of hydrogen-bond acceptors (Lipinski definition) is 3. The molecule has 0 aromatic rings. The van der Waals surface area contributed by atoms with Crippen molar-refractivity contribution in [2.45, 2.75) is 45.8 Å². The predicted octanol–water partition coefficient (Wildman–Crippen LogP) is 1.03. The first-order chi connectivity index (χ1) is 7.93. The van der Waals surface area contributed by atoms with Crippen LogP contribution >= 0.6 is 0 Å². The topological polar surface area (TPSA) is 75.6 Å². The third-order valence-corrected chi connectivity index (χ3v) is 3.45. The average Bonchev–Trinajstić information content (AvgIpc) is 2.80. The van der Waals surface area contributed by atoms with E-state index in [1.54, 1.807) is 13.8 Å². The van der Waals surface area contributed by atoms with Crippen molar-refractivity contribution in [2.75, 3.05) is 6.61 Å². The smallest absolute Gasteiger partial charge is 0.307 e. The molecular formula is C12H21NO4. The Kier molecular flexibility index (Phi) is 4.93. The van der Waals surface area contributed by atoms with Crippen LogP contribution in [0, 0.1) is 11.8 Å². The van der Waals surface area contributed by atoms with Crippen LogP contribution in [0.3, 0.4) is 0 Å². The van der Waals surface area contributed by atoms with Crippen molar-refractivity contribution in [1.29, 1.82) is 0 Å². The number of rotatable bonds is 5. The van der Waals surface area contributed by atoms with Gasteiger partial charge in [-0.25, -0.2) is 0 Å². The van der Waals surface area contributed by atoms with Crippen molar-refractivity contribution in [3.05, 3.63) is 0 Å². The molecule has 1 aliphatic heterocycles. The highest BCUT2D eigenvalue weighted by Crippen LogP contribution is 2.17. The lowest BCUT2D eigenvalue weighted by atomic mass is 9.95. The fourth-order valence-corrected chi connectivity index (χ4v) is 1.89. The molecule has 0 aromatic carbocycles. The van der Waals surface area contributed by atoms with E-state index >= 15 is 0 Å². The van der Waals surface area contributed by atoms with Crippen LogP contribution in [0.25, 0.3) is 0 Å². The van der Waals surface area contributed by atoms with Gasteiger partial charge in [0.05, 0.1) is 18.1 Å². The molecule has 0 radical (unpaired) electrons. The normalized spacial score (nSPS) is 25.0. The Morgan fingerprint density at radius 3 is 2.41 bits per heavy atom. The van der Waals surface area contributed by atoms with Crippen molar-refractivity contribution < 1.29 is 19.4 Å². The molecule has 1 amide bonds. The minimum absolute atomic E-state index is 0.0614. The summed E-state index contributed by atoms with van der Waals surface area (Å²) in [4.78, 5) is 22.6. The van der Waals surface area contributed by atoms with Crippen LogP contribution in [-0.4, -0.2) is 35.7 Å². The van der Waals surface area contributed by atoms with Gasteiger partial charge in [0.25, 0.3) is 0 Å². The third-order valence-electron chi connectivity index (χ3n) is 3.45. The lowest BCUT2D eigenvalue weighted by Crippen LogP contribution is -2.45. The van der Waals surface area contributed by atoms with Crippen LogP contribution < -0.4 is 5.32 Å². The van der Waals surface area contributed by atoms with Crippen LogP contribution in [0.2, 0.25) is 0 Å².